The molecular formula is C16H16O3S. The van der Waals surface area contributed by atoms with Gasteiger partial charge in [-0.1, -0.05) is 42.0 Å². The molecule has 2 rings (SSSR count). The van der Waals surface area contributed by atoms with E-state index in [-0.39, 0.29) is 5.56 Å². The van der Waals surface area contributed by atoms with Crippen LogP contribution in [0.2, 0.25) is 0 Å². The number of hydrogen-bond acceptors (Lipinski definition) is 2. The van der Waals surface area contributed by atoms with Crippen molar-refractivity contribution in [2.75, 3.05) is 0 Å². The fourth-order valence-electron chi connectivity index (χ4n) is 1.85. The summed E-state index contributed by atoms with van der Waals surface area (Å²) in [6.07, 6.45) is 0. The van der Waals surface area contributed by atoms with E-state index in [0.29, 0.717) is 11.5 Å². The molecule has 2 aromatic rings. The highest BCUT2D eigenvalue weighted by Crippen LogP contribution is 2.11. The Kier molecular flexibility index (Phi) is 4.69. The average molecular weight is 288 g/mol. The molecule has 0 aliphatic carbocycles. The fourth-order valence-corrected chi connectivity index (χ4v) is 3.08. The summed E-state index contributed by atoms with van der Waals surface area (Å²) >= 11 is 0. The maximum atomic E-state index is 12.1. The largest absolute Gasteiger partial charge is 0.478 e. The van der Waals surface area contributed by atoms with Crippen molar-refractivity contribution in [2.24, 2.45) is 0 Å². The van der Waals surface area contributed by atoms with Gasteiger partial charge in [0.25, 0.3) is 0 Å². The van der Waals surface area contributed by atoms with Gasteiger partial charge >= 0.3 is 5.97 Å². The molecule has 0 bridgehead atoms. The number of benzene rings is 2. The Labute approximate surface area is 120 Å². The Hall–Kier alpha value is -1.94. The number of carboxylic acid groups (broad SMARTS) is 1. The molecule has 1 N–H and O–H groups in total. The van der Waals surface area contributed by atoms with E-state index in [1.54, 1.807) is 24.3 Å². The van der Waals surface area contributed by atoms with Crippen molar-refractivity contribution < 1.29 is 14.1 Å². The predicted octanol–water partition coefficient (Wildman–Crippen LogP) is 3.14. The number of aryl methyl sites for hydroxylation is 1. The van der Waals surface area contributed by atoms with Gasteiger partial charge in [0.15, 0.2) is 0 Å². The second kappa shape index (κ2) is 6.48. The molecule has 2 aromatic carbocycles. The zero-order chi connectivity index (χ0) is 14.5. The monoisotopic (exact) mass is 288 g/mol. The van der Waals surface area contributed by atoms with Crippen LogP contribution in [0.4, 0.5) is 0 Å². The maximum Gasteiger partial charge on any atom is 0.335 e. The molecule has 104 valence electrons. The normalized spacial score (nSPS) is 12.1. The van der Waals surface area contributed by atoms with Gasteiger partial charge in [-0.15, -0.1) is 0 Å². The van der Waals surface area contributed by atoms with Crippen LogP contribution in [-0.2, 0) is 22.3 Å². The summed E-state index contributed by atoms with van der Waals surface area (Å²) in [7, 11) is -0.993. The average Bonchev–Trinajstić information content (AvgIpc) is 2.42. The second-order valence-corrected chi connectivity index (χ2v) is 6.17. The minimum atomic E-state index is -0.993. The molecule has 0 fully saturated rings. The van der Waals surface area contributed by atoms with Crippen LogP contribution in [0.3, 0.4) is 0 Å². The van der Waals surface area contributed by atoms with E-state index in [4.69, 9.17) is 5.11 Å². The number of carbonyl (C=O) groups is 1. The molecule has 0 spiro atoms. The molecular weight excluding hydrogens is 272 g/mol. The van der Waals surface area contributed by atoms with Gasteiger partial charge in [-0.25, -0.2) is 4.79 Å². The molecule has 1 unspecified atom stereocenters. The second-order valence-electron chi connectivity index (χ2n) is 4.72. The van der Waals surface area contributed by atoms with Gasteiger partial charge in [0, 0.05) is 22.3 Å². The lowest BCUT2D eigenvalue weighted by molar-refractivity contribution is 0.0697. The van der Waals surface area contributed by atoms with Crippen LogP contribution >= 0.6 is 0 Å². The van der Waals surface area contributed by atoms with E-state index in [1.807, 2.05) is 31.2 Å². The number of rotatable bonds is 5. The SMILES string of the molecule is Cc1ccc(CS(=O)Cc2ccc(C(=O)O)cc2)cc1. The van der Waals surface area contributed by atoms with Crippen molar-refractivity contribution in [1.82, 2.24) is 0 Å². The highest BCUT2D eigenvalue weighted by atomic mass is 32.2. The zero-order valence-electron chi connectivity index (χ0n) is 11.2. The highest BCUT2D eigenvalue weighted by Gasteiger charge is 2.06. The third kappa shape index (κ3) is 4.03. The highest BCUT2D eigenvalue weighted by molar-refractivity contribution is 7.83. The Morgan fingerprint density at radius 2 is 1.40 bits per heavy atom. The summed E-state index contributed by atoms with van der Waals surface area (Å²) in [6, 6.07) is 14.5. The Morgan fingerprint density at radius 1 is 0.950 bits per heavy atom. The van der Waals surface area contributed by atoms with Crippen LogP contribution < -0.4 is 0 Å². The summed E-state index contributed by atoms with van der Waals surface area (Å²) in [4.78, 5) is 10.7. The van der Waals surface area contributed by atoms with Crippen molar-refractivity contribution in [1.29, 1.82) is 0 Å². The summed E-state index contributed by atoms with van der Waals surface area (Å²) in [6.45, 7) is 2.02. The minimum absolute atomic E-state index is 0.248. The van der Waals surface area contributed by atoms with Gasteiger partial charge in [-0.3, -0.25) is 4.21 Å². The van der Waals surface area contributed by atoms with Crippen LogP contribution in [0.5, 0.6) is 0 Å². The minimum Gasteiger partial charge on any atom is -0.478 e. The molecule has 0 aliphatic rings. The van der Waals surface area contributed by atoms with Crippen LogP contribution in [0, 0.1) is 6.92 Å². The molecule has 4 heteroatoms. The molecule has 1 atom stereocenters. The Morgan fingerprint density at radius 3 is 1.85 bits per heavy atom. The summed E-state index contributed by atoms with van der Waals surface area (Å²) in [5.74, 6) is 0.00619. The van der Waals surface area contributed by atoms with Crippen LogP contribution in [0.25, 0.3) is 0 Å². The van der Waals surface area contributed by atoms with Crippen molar-refractivity contribution in [3.8, 4) is 0 Å². The first-order chi connectivity index (χ1) is 9.54. The van der Waals surface area contributed by atoms with Gasteiger partial charge in [0.2, 0.25) is 0 Å². The molecule has 0 heterocycles. The molecule has 3 nitrogen and oxygen atoms in total. The van der Waals surface area contributed by atoms with Gasteiger partial charge in [0.1, 0.15) is 0 Å². The van der Waals surface area contributed by atoms with Crippen molar-refractivity contribution >= 4 is 16.8 Å². The van der Waals surface area contributed by atoms with E-state index in [9.17, 15) is 9.00 Å². The Balaban J connectivity index is 1.97. The number of carboxylic acids is 1. The molecule has 0 aliphatic heterocycles. The Bertz CT molecular complexity index is 615. The summed E-state index contributed by atoms with van der Waals surface area (Å²) < 4.78 is 12.1. The molecule has 20 heavy (non-hydrogen) atoms. The third-order valence-electron chi connectivity index (χ3n) is 2.98. The first kappa shape index (κ1) is 14.5. The fraction of sp³-hybridized carbons (Fsp3) is 0.188. The van der Waals surface area contributed by atoms with Crippen molar-refractivity contribution in [2.45, 2.75) is 18.4 Å². The predicted molar refractivity (Wildman–Crippen MR) is 80.1 cm³/mol. The topological polar surface area (TPSA) is 54.4 Å². The van der Waals surface area contributed by atoms with Crippen molar-refractivity contribution in [3.63, 3.8) is 0 Å². The number of aromatic carboxylic acids is 1. The standard InChI is InChI=1S/C16H16O3S/c1-12-2-4-13(5-3-12)10-20(19)11-14-6-8-15(9-7-14)16(17)18/h2-9H,10-11H2,1H3,(H,17,18). The summed E-state index contributed by atoms with van der Waals surface area (Å²) in [5.41, 5.74) is 3.37. The van der Waals surface area contributed by atoms with E-state index in [0.717, 1.165) is 11.1 Å². The quantitative estimate of drug-likeness (QED) is 0.919. The smallest absolute Gasteiger partial charge is 0.335 e. The first-order valence-electron chi connectivity index (χ1n) is 6.27. The van der Waals surface area contributed by atoms with E-state index < -0.39 is 16.8 Å². The molecule has 0 aromatic heterocycles. The lowest BCUT2D eigenvalue weighted by Gasteiger charge is -2.04. The van der Waals surface area contributed by atoms with Crippen LogP contribution in [0.15, 0.2) is 48.5 Å². The summed E-state index contributed by atoms with van der Waals surface area (Å²) in [5, 5.41) is 8.81. The molecule has 0 saturated heterocycles. The molecule has 0 radical (unpaired) electrons. The first-order valence-corrected chi connectivity index (χ1v) is 7.76. The zero-order valence-corrected chi connectivity index (χ0v) is 12.0. The molecule has 0 amide bonds. The van der Waals surface area contributed by atoms with Gasteiger partial charge in [-0.05, 0) is 30.2 Å². The van der Waals surface area contributed by atoms with Gasteiger partial charge in [0.05, 0.1) is 5.56 Å². The van der Waals surface area contributed by atoms with E-state index in [2.05, 4.69) is 0 Å². The van der Waals surface area contributed by atoms with Crippen LogP contribution in [0.1, 0.15) is 27.0 Å². The lowest BCUT2D eigenvalue weighted by atomic mass is 10.1. The van der Waals surface area contributed by atoms with E-state index in [1.165, 1.54) is 5.56 Å². The van der Waals surface area contributed by atoms with Crippen LogP contribution in [-0.4, -0.2) is 15.3 Å². The van der Waals surface area contributed by atoms with Crippen molar-refractivity contribution in [3.05, 3.63) is 70.8 Å². The maximum absolute atomic E-state index is 12.1. The number of hydrogen-bond donors (Lipinski definition) is 1. The molecule has 0 saturated carbocycles. The lowest BCUT2D eigenvalue weighted by Crippen LogP contribution is -2.01. The van der Waals surface area contributed by atoms with Gasteiger partial charge < -0.3 is 5.11 Å². The third-order valence-corrected chi connectivity index (χ3v) is 4.29. The van der Waals surface area contributed by atoms with Gasteiger partial charge in [-0.2, -0.15) is 0 Å². The van der Waals surface area contributed by atoms with E-state index >= 15 is 0 Å².